The second kappa shape index (κ2) is 6.05. The molecule has 0 aliphatic rings. The Bertz CT molecular complexity index is 494. The monoisotopic (exact) mass is 242 g/mol. The third-order valence-electron chi connectivity index (χ3n) is 2.61. The van der Waals surface area contributed by atoms with Crippen molar-refractivity contribution < 1.29 is 4.74 Å². The zero-order valence-corrected chi connectivity index (χ0v) is 10.8. The maximum Gasteiger partial charge on any atom is 0.119 e. The number of hydrogen-bond acceptors (Lipinski definition) is 3. The van der Waals surface area contributed by atoms with Crippen molar-refractivity contribution in [2.45, 2.75) is 20.4 Å². The molecule has 1 N–H and O–H groups in total. The molecule has 1 aromatic heterocycles. The van der Waals surface area contributed by atoms with E-state index < -0.39 is 0 Å². The Morgan fingerprint density at radius 2 is 1.94 bits per heavy atom. The lowest BCUT2D eigenvalue weighted by atomic mass is 10.2. The van der Waals surface area contributed by atoms with Gasteiger partial charge in [-0.1, -0.05) is 12.1 Å². The molecule has 0 radical (unpaired) electrons. The van der Waals surface area contributed by atoms with Crippen molar-refractivity contribution in [3.05, 3.63) is 53.9 Å². The molecule has 18 heavy (non-hydrogen) atoms. The molecule has 94 valence electrons. The second-order valence-corrected chi connectivity index (χ2v) is 4.18. The molecule has 0 saturated heterocycles. The van der Waals surface area contributed by atoms with Gasteiger partial charge in [-0.25, -0.2) is 0 Å². The summed E-state index contributed by atoms with van der Waals surface area (Å²) in [5, 5.41) is 3.35. The summed E-state index contributed by atoms with van der Waals surface area (Å²) in [6, 6.07) is 10.2. The van der Waals surface area contributed by atoms with Gasteiger partial charge in [0, 0.05) is 18.9 Å². The van der Waals surface area contributed by atoms with Crippen LogP contribution in [-0.2, 0) is 6.54 Å². The number of nitrogens with zero attached hydrogens (tertiary/aromatic N) is 1. The Kier molecular flexibility index (Phi) is 4.18. The van der Waals surface area contributed by atoms with E-state index in [4.69, 9.17) is 4.74 Å². The summed E-state index contributed by atoms with van der Waals surface area (Å²) in [6.07, 6.45) is 3.68. The smallest absolute Gasteiger partial charge is 0.119 e. The molecule has 1 heterocycles. The molecular weight excluding hydrogens is 224 g/mol. The van der Waals surface area contributed by atoms with Gasteiger partial charge in [-0.15, -0.1) is 0 Å². The predicted octanol–water partition coefficient (Wildman–Crippen LogP) is 3.40. The van der Waals surface area contributed by atoms with Crippen LogP contribution in [0.1, 0.15) is 18.1 Å². The highest BCUT2D eigenvalue weighted by Gasteiger charge is 1.96. The average Bonchev–Trinajstić information content (AvgIpc) is 2.38. The van der Waals surface area contributed by atoms with E-state index in [-0.39, 0.29) is 0 Å². The molecule has 2 aromatic rings. The van der Waals surface area contributed by atoms with Crippen LogP contribution in [0.5, 0.6) is 5.75 Å². The SMILES string of the molecule is CCOc1ccc(CNc2cncc(C)c2)cc1. The summed E-state index contributed by atoms with van der Waals surface area (Å²) in [4.78, 5) is 4.15. The zero-order chi connectivity index (χ0) is 12.8. The quantitative estimate of drug-likeness (QED) is 0.872. The number of anilines is 1. The van der Waals surface area contributed by atoms with Crippen LogP contribution in [0.2, 0.25) is 0 Å². The molecule has 3 nitrogen and oxygen atoms in total. The Balaban J connectivity index is 1.93. The van der Waals surface area contributed by atoms with E-state index in [9.17, 15) is 0 Å². The second-order valence-electron chi connectivity index (χ2n) is 4.18. The summed E-state index contributed by atoms with van der Waals surface area (Å²) in [6.45, 7) is 5.51. The first-order valence-electron chi connectivity index (χ1n) is 6.15. The maximum atomic E-state index is 5.41. The van der Waals surface area contributed by atoms with Crippen LogP contribution in [0.4, 0.5) is 5.69 Å². The fraction of sp³-hybridized carbons (Fsp3) is 0.267. The van der Waals surface area contributed by atoms with Crippen LogP contribution >= 0.6 is 0 Å². The molecule has 0 bridgehead atoms. The molecule has 0 unspecified atom stereocenters. The molecule has 0 saturated carbocycles. The number of aromatic nitrogens is 1. The number of pyridine rings is 1. The number of hydrogen-bond donors (Lipinski definition) is 1. The standard InChI is InChI=1S/C15H18N2O/c1-3-18-15-6-4-13(5-7-15)10-17-14-8-12(2)9-16-11-14/h4-9,11,17H,3,10H2,1-2H3. The Labute approximate surface area is 108 Å². The number of aryl methyl sites for hydroxylation is 1. The van der Waals surface area contributed by atoms with Crippen molar-refractivity contribution in [2.24, 2.45) is 0 Å². The van der Waals surface area contributed by atoms with E-state index in [0.29, 0.717) is 6.61 Å². The predicted molar refractivity (Wildman–Crippen MR) is 73.9 cm³/mol. The van der Waals surface area contributed by atoms with Crippen molar-refractivity contribution in [1.82, 2.24) is 4.98 Å². The van der Waals surface area contributed by atoms with E-state index in [1.807, 2.05) is 38.4 Å². The molecule has 0 atom stereocenters. The van der Waals surface area contributed by atoms with Gasteiger partial charge in [0.15, 0.2) is 0 Å². The minimum absolute atomic E-state index is 0.701. The Morgan fingerprint density at radius 3 is 2.61 bits per heavy atom. The largest absolute Gasteiger partial charge is 0.494 e. The van der Waals surface area contributed by atoms with Crippen LogP contribution in [0.25, 0.3) is 0 Å². The lowest BCUT2D eigenvalue weighted by Crippen LogP contribution is -2.00. The van der Waals surface area contributed by atoms with E-state index in [2.05, 4.69) is 28.5 Å². The maximum absolute atomic E-state index is 5.41. The highest BCUT2D eigenvalue weighted by Crippen LogP contribution is 2.14. The summed E-state index contributed by atoms with van der Waals surface area (Å²) < 4.78 is 5.41. The lowest BCUT2D eigenvalue weighted by Gasteiger charge is -2.08. The molecule has 3 heteroatoms. The van der Waals surface area contributed by atoms with Gasteiger partial charge in [0.1, 0.15) is 5.75 Å². The Hall–Kier alpha value is -2.03. The minimum Gasteiger partial charge on any atom is -0.494 e. The first-order chi connectivity index (χ1) is 8.78. The van der Waals surface area contributed by atoms with Gasteiger partial charge in [0.2, 0.25) is 0 Å². The number of ether oxygens (including phenoxy) is 1. The average molecular weight is 242 g/mol. The molecule has 0 aliphatic carbocycles. The van der Waals surface area contributed by atoms with Gasteiger partial charge in [-0.2, -0.15) is 0 Å². The first kappa shape index (κ1) is 12.4. The van der Waals surface area contributed by atoms with Gasteiger partial charge in [-0.05, 0) is 43.2 Å². The van der Waals surface area contributed by atoms with Crippen LogP contribution < -0.4 is 10.1 Å². The van der Waals surface area contributed by atoms with Crippen LogP contribution in [0.3, 0.4) is 0 Å². The van der Waals surface area contributed by atoms with Crippen LogP contribution in [0.15, 0.2) is 42.7 Å². The van der Waals surface area contributed by atoms with Crippen molar-refractivity contribution in [2.75, 3.05) is 11.9 Å². The number of rotatable bonds is 5. The zero-order valence-electron chi connectivity index (χ0n) is 10.8. The molecule has 0 amide bonds. The summed E-state index contributed by atoms with van der Waals surface area (Å²) in [7, 11) is 0. The number of benzene rings is 1. The van der Waals surface area contributed by atoms with E-state index in [1.165, 1.54) is 5.56 Å². The molecule has 0 aliphatic heterocycles. The fourth-order valence-corrected chi connectivity index (χ4v) is 1.73. The van der Waals surface area contributed by atoms with Gasteiger partial charge in [0.05, 0.1) is 12.3 Å². The van der Waals surface area contributed by atoms with Gasteiger partial charge < -0.3 is 10.1 Å². The highest BCUT2D eigenvalue weighted by atomic mass is 16.5. The third kappa shape index (κ3) is 3.48. The normalized spacial score (nSPS) is 10.1. The molecular formula is C15H18N2O. The van der Waals surface area contributed by atoms with Crippen LogP contribution in [-0.4, -0.2) is 11.6 Å². The third-order valence-corrected chi connectivity index (χ3v) is 2.61. The molecule has 0 fully saturated rings. The van der Waals surface area contributed by atoms with E-state index in [1.54, 1.807) is 0 Å². The summed E-state index contributed by atoms with van der Waals surface area (Å²) in [5.41, 5.74) is 3.43. The van der Waals surface area contributed by atoms with Crippen molar-refractivity contribution >= 4 is 5.69 Å². The van der Waals surface area contributed by atoms with Gasteiger partial charge in [0.25, 0.3) is 0 Å². The Morgan fingerprint density at radius 1 is 1.17 bits per heavy atom. The lowest BCUT2D eigenvalue weighted by molar-refractivity contribution is 0.340. The minimum atomic E-state index is 0.701. The summed E-state index contributed by atoms with van der Waals surface area (Å²) in [5.74, 6) is 0.915. The van der Waals surface area contributed by atoms with Gasteiger partial charge >= 0.3 is 0 Å². The van der Waals surface area contributed by atoms with E-state index >= 15 is 0 Å². The molecule has 2 rings (SSSR count). The van der Waals surface area contributed by atoms with E-state index in [0.717, 1.165) is 23.5 Å². The number of nitrogens with one attached hydrogen (secondary N) is 1. The van der Waals surface area contributed by atoms with Crippen molar-refractivity contribution in [1.29, 1.82) is 0 Å². The summed E-state index contributed by atoms with van der Waals surface area (Å²) >= 11 is 0. The van der Waals surface area contributed by atoms with Gasteiger partial charge in [-0.3, -0.25) is 4.98 Å². The van der Waals surface area contributed by atoms with Crippen molar-refractivity contribution in [3.8, 4) is 5.75 Å². The first-order valence-corrected chi connectivity index (χ1v) is 6.15. The molecule has 1 aromatic carbocycles. The topological polar surface area (TPSA) is 34.1 Å². The van der Waals surface area contributed by atoms with Crippen molar-refractivity contribution in [3.63, 3.8) is 0 Å². The fourth-order valence-electron chi connectivity index (χ4n) is 1.73. The molecule has 0 spiro atoms. The van der Waals surface area contributed by atoms with Crippen LogP contribution in [0, 0.1) is 6.92 Å². The highest BCUT2D eigenvalue weighted by molar-refractivity contribution is 5.43.